The van der Waals surface area contributed by atoms with Crippen LogP contribution in [0.15, 0.2) is 29.3 Å². The Hall–Kier alpha value is -2.66. The highest BCUT2D eigenvalue weighted by molar-refractivity contribution is 6.16. The minimum atomic E-state index is -0.166. The van der Waals surface area contributed by atoms with Crippen LogP contribution < -0.4 is 16.8 Å². The highest BCUT2D eigenvalue weighted by Crippen LogP contribution is 2.31. The molecule has 1 heterocycles. The van der Waals surface area contributed by atoms with Crippen LogP contribution in [0.25, 0.3) is 0 Å². The van der Waals surface area contributed by atoms with Crippen LogP contribution in [-0.2, 0) is 13.1 Å². The molecule has 0 fully saturated rings. The monoisotopic (exact) mass is 322 g/mol. The summed E-state index contributed by atoms with van der Waals surface area (Å²) in [6.45, 7) is 7.02. The van der Waals surface area contributed by atoms with Crippen molar-refractivity contribution in [2.75, 3.05) is 5.32 Å². The molecule has 2 aromatic rings. The average Bonchev–Trinajstić information content (AvgIpc) is 2.95. The Balaban J connectivity index is 2.06. The van der Waals surface area contributed by atoms with Crippen molar-refractivity contribution in [3.63, 3.8) is 0 Å². The molecule has 24 heavy (non-hydrogen) atoms. The third-order valence-corrected chi connectivity index (χ3v) is 4.82. The Kier molecular flexibility index (Phi) is 4.11. The summed E-state index contributed by atoms with van der Waals surface area (Å²) in [6, 6.07) is 7.54. The van der Waals surface area contributed by atoms with Gasteiger partial charge in [0.05, 0.1) is 12.1 Å². The Morgan fingerprint density at radius 2 is 1.96 bits per heavy atom. The molecule has 1 amide bonds. The number of nitrogens with two attached hydrogens (primary N) is 2. The Bertz CT molecular complexity index is 868. The van der Waals surface area contributed by atoms with Gasteiger partial charge in [0.25, 0.3) is 5.91 Å². The lowest BCUT2D eigenvalue weighted by atomic mass is 9.88. The molecule has 0 aromatic heterocycles. The summed E-state index contributed by atoms with van der Waals surface area (Å²) in [7, 11) is 0. The van der Waals surface area contributed by atoms with Gasteiger partial charge in [-0.2, -0.15) is 0 Å². The fraction of sp³-hybridized carbons (Fsp3) is 0.263. The first-order valence-corrected chi connectivity index (χ1v) is 7.97. The fourth-order valence-electron chi connectivity index (χ4n) is 3.20. The van der Waals surface area contributed by atoms with E-state index in [0.717, 1.165) is 39.1 Å². The van der Waals surface area contributed by atoms with Gasteiger partial charge in [0.2, 0.25) is 0 Å². The quantitative estimate of drug-likeness (QED) is 0.810. The van der Waals surface area contributed by atoms with Crippen LogP contribution in [-0.4, -0.2) is 11.7 Å². The molecule has 0 bridgehead atoms. The van der Waals surface area contributed by atoms with Crippen LogP contribution in [0.2, 0.25) is 0 Å². The lowest BCUT2D eigenvalue weighted by Gasteiger charge is -2.18. The van der Waals surface area contributed by atoms with E-state index in [-0.39, 0.29) is 5.91 Å². The van der Waals surface area contributed by atoms with Gasteiger partial charge in [-0.25, -0.2) is 0 Å². The standard InChI is InChI=1S/C19H22N4O/c1-10-11(2)15-9-22-18(21)17(15)16(12(10)3)19(24)23-14-6-4-5-13(7-14)8-20/h4-7H,8-9,20H2,1-3H3,(H2,21,22)(H,23,24). The van der Waals surface area contributed by atoms with Gasteiger partial charge in [-0.1, -0.05) is 12.1 Å². The number of amides is 1. The maximum Gasteiger partial charge on any atom is 0.256 e. The highest BCUT2D eigenvalue weighted by Gasteiger charge is 2.27. The molecule has 0 unspecified atom stereocenters. The van der Waals surface area contributed by atoms with E-state index in [1.807, 2.05) is 38.1 Å². The van der Waals surface area contributed by atoms with Crippen LogP contribution in [0.1, 0.15) is 43.7 Å². The van der Waals surface area contributed by atoms with E-state index in [4.69, 9.17) is 11.5 Å². The number of amidine groups is 1. The molecule has 0 radical (unpaired) electrons. The second-order valence-electron chi connectivity index (χ2n) is 6.16. The first-order chi connectivity index (χ1) is 11.4. The number of rotatable bonds is 3. The van der Waals surface area contributed by atoms with Gasteiger partial charge in [-0.05, 0) is 60.7 Å². The maximum atomic E-state index is 13.0. The van der Waals surface area contributed by atoms with Crippen LogP contribution in [0.5, 0.6) is 0 Å². The summed E-state index contributed by atoms with van der Waals surface area (Å²) >= 11 is 0. The molecular formula is C19H22N4O. The minimum Gasteiger partial charge on any atom is -0.383 e. The molecule has 3 rings (SSSR count). The molecule has 5 heteroatoms. The third-order valence-electron chi connectivity index (χ3n) is 4.82. The van der Waals surface area contributed by atoms with E-state index in [2.05, 4.69) is 17.2 Å². The zero-order chi connectivity index (χ0) is 17.4. The Morgan fingerprint density at radius 1 is 1.21 bits per heavy atom. The fourth-order valence-corrected chi connectivity index (χ4v) is 3.20. The van der Waals surface area contributed by atoms with Crippen molar-refractivity contribution in [2.24, 2.45) is 16.5 Å². The summed E-state index contributed by atoms with van der Waals surface area (Å²) in [5.41, 5.74) is 19.1. The first kappa shape index (κ1) is 16.2. The third kappa shape index (κ3) is 2.57. The van der Waals surface area contributed by atoms with Gasteiger partial charge >= 0.3 is 0 Å². The molecule has 0 saturated heterocycles. The number of nitrogens with one attached hydrogen (secondary N) is 1. The number of carbonyl (C=O) groups excluding carboxylic acids is 1. The number of benzene rings is 2. The second-order valence-corrected chi connectivity index (χ2v) is 6.16. The topological polar surface area (TPSA) is 93.5 Å². The van der Waals surface area contributed by atoms with Crippen molar-refractivity contribution in [2.45, 2.75) is 33.9 Å². The SMILES string of the molecule is Cc1c(C)c2c(c(C(=O)Nc3cccc(CN)c3)c1C)C(N)=NC2. The summed E-state index contributed by atoms with van der Waals surface area (Å²) in [6.07, 6.45) is 0. The van der Waals surface area contributed by atoms with Crippen LogP contribution in [0.3, 0.4) is 0 Å². The van der Waals surface area contributed by atoms with E-state index in [1.54, 1.807) is 0 Å². The van der Waals surface area contributed by atoms with E-state index in [9.17, 15) is 4.79 Å². The van der Waals surface area contributed by atoms with Gasteiger partial charge in [0.15, 0.2) is 0 Å². The van der Waals surface area contributed by atoms with Crippen molar-refractivity contribution in [1.82, 2.24) is 0 Å². The van der Waals surface area contributed by atoms with Gasteiger partial charge in [0, 0.05) is 17.8 Å². The molecule has 0 saturated carbocycles. The Morgan fingerprint density at radius 3 is 2.67 bits per heavy atom. The molecular weight excluding hydrogens is 300 g/mol. The van der Waals surface area contributed by atoms with E-state index < -0.39 is 0 Å². The lowest BCUT2D eigenvalue weighted by molar-refractivity contribution is 0.102. The van der Waals surface area contributed by atoms with Crippen molar-refractivity contribution in [3.05, 3.63) is 63.2 Å². The van der Waals surface area contributed by atoms with E-state index >= 15 is 0 Å². The number of nitrogens with zero attached hydrogens (tertiary/aromatic N) is 1. The first-order valence-electron chi connectivity index (χ1n) is 7.97. The minimum absolute atomic E-state index is 0.166. The van der Waals surface area contributed by atoms with Gasteiger partial charge in [0.1, 0.15) is 5.84 Å². The normalized spacial score (nSPS) is 12.8. The molecule has 1 aliphatic rings. The number of carbonyl (C=O) groups is 1. The molecule has 2 aromatic carbocycles. The largest absolute Gasteiger partial charge is 0.383 e. The molecule has 0 spiro atoms. The van der Waals surface area contributed by atoms with E-state index in [0.29, 0.717) is 24.5 Å². The average molecular weight is 322 g/mol. The molecule has 5 nitrogen and oxygen atoms in total. The predicted octanol–water partition coefficient (Wildman–Crippen LogP) is 2.54. The van der Waals surface area contributed by atoms with Crippen molar-refractivity contribution in [3.8, 4) is 0 Å². The second kappa shape index (κ2) is 6.09. The maximum absolute atomic E-state index is 13.0. The smallest absolute Gasteiger partial charge is 0.256 e. The van der Waals surface area contributed by atoms with Gasteiger partial charge in [-0.3, -0.25) is 9.79 Å². The summed E-state index contributed by atoms with van der Waals surface area (Å²) in [5, 5.41) is 2.97. The van der Waals surface area contributed by atoms with Crippen molar-refractivity contribution >= 4 is 17.4 Å². The molecule has 5 N–H and O–H groups in total. The van der Waals surface area contributed by atoms with Crippen LogP contribution >= 0.6 is 0 Å². The van der Waals surface area contributed by atoms with Crippen LogP contribution in [0, 0.1) is 20.8 Å². The summed E-state index contributed by atoms with van der Waals surface area (Å²) in [4.78, 5) is 17.3. The summed E-state index contributed by atoms with van der Waals surface area (Å²) < 4.78 is 0. The lowest BCUT2D eigenvalue weighted by Crippen LogP contribution is -2.23. The highest BCUT2D eigenvalue weighted by atomic mass is 16.1. The Labute approximate surface area is 141 Å². The van der Waals surface area contributed by atoms with Crippen molar-refractivity contribution < 1.29 is 4.79 Å². The van der Waals surface area contributed by atoms with Gasteiger partial charge < -0.3 is 16.8 Å². The zero-order valence-electron chi connectivity index (χ0n) is 14.2. The molecule has 1 aliphatic heterocycles. The van der Waals surface area contributed by atoms with Crippen molar-refractivity contribution in [1.29, 1.82) is 0 Å². The summed E-state index contributed by atoms with van der Waals surface area (Å²) in [5.74, 6) is 0.276. The predicted molar refractivity (Wildman–Crippen MR) is 97.4 cm³/mol. The number of fused-ring (bicyclic) bond motifs is 1. The number of hydrogen-bond donors (Lipinski definition) is 3. The molecule has 0 atom stereocenters. The number of anilines is 1. The van der Waals surface area contributed by atoms with E-state index in [1.165, 1.54) is 0 Å². The zero-order valence-corrected chi connectivity index (χ0v) is 14.2. The van der Waals surface area contributed by atoms with Crippen LogP contribution in [0.4, 0.5) is 5.69 Å². The number of aliphatic imine (C=N–C) groups is 1. The molecule has 124 valence electrons. The van der Waals surface area contributed by atoms with Gasteiger partial charge in [-0.15, -0.1) is 0 Å². The number of hydrogen-bond acceptors (Lipinski definition) is 4. The molecule has 0 aliphatic carbocycles.